The number of ether oxygens (including phenoxy) is 1. The zero-order valence-corrected chi connectivity index (χ0v) is 13.6. The van der Waals surface area contributed by atoms with Crippen molar-refractivity contribution in [2.45, 2.75) is 24.3 Å². The van der Waals surface area contributed by atoms with Crippen molar-refractivity contribution in [3.63, 3.8) is 0 Å². The second kappa shape index (κ2) is 6.64. The third-order valence-corrected chi connectivity index (χ3v) is 6.71. The molecular weight excluding hydrogens is 352 g/mol. The molecule has 1 aliphatic heterocycles. The molecule has 1 saturated heterocycles. The summed E-state index contributed by atoms with van der Waals surface area (Å²) in [5.74, 6) is 0.259. The average Bonchev–Trinajstić information content (AvgIpc) is 2.80. The number of hydrogen-bond acceptors (Lipinski definition) is 5. The molecule has 0 saturated carbocycles. The monoisotopic (exact) mass is 368 g/mol. The zero-order valence-electron chi connectivity index (χ0n) is 10.4. The second-order valence-electron chi connectivity index (χ2n) is 4.49. The third kappa shape index (κ3) is 3.99. The van der Waals surface area contributed by atoms with Crippen molar-refractivity contribution in [1.82, 2.24) is 4.72 Å². The van der Waals surface area contributed by atoms with Crippen LogP contribution in [-0.4, -0.2) is 28.2 Å². The molecule has 3 N–H and O–H groups in total. The van der Waals surface area contributed by atoms with Crippen molar-refractivity contribution < 1.29 is 13.2 Å². The lowest BCUT2D eigenvalue weighted by Gasteiger charge is -2.22. The van der Waals surface area contributed by atoms with Gasteiger partial charge in [-0.25, -0.2) is 13.1 Å². The molecule has 1 atom stereocenters. The molecule has 19 heavy (non-hydrogen) atoms. The van der Waals surface area contributed by atoms with Crippen molar-refractivity contribution in [2.75, 3.05) is 19.8 Å². The third-order valence-electron chi connectivity index (χ3n) is 3.01. The summed E-state index contributed by atoms with van der Waals surface area (Å²) < 4.78 is 33.0. The van der Waals surface area contributed by atoms with Gasteiger partial charge in [-0.3, -0.25) is 0 Å². The highest BCUT2D eigenvalue weighted by molar-refractivity contribution is 9.11. The molecule has 108 valence electrons. The van der Waals surface area contributed by atoms with Crippen LogP contribution in [0.25, 0.3) is 0 Å². The molecule has 1 unspecified atom stereocenters. The van der Waals surface area contributed by atoms with E-state index in [2.05, 4.69) is 20.7 Å². The van der Waals surface area contributed by atoms with Crippen molar-refractivity contribution in [3.8, 4) is 0 Å². The molecule has 1 fully saturated rings. The summed E-state index contributed by atoms with van der Waals surface area (Å²) >= 11 is 4.63. The number of hydrogen-bond donors (Lipinski definition) is 2. The van der Waals surface area contributed by atoms with Crippen LogP contribution in [0.4, 0.5) is 0 Å². The molecule has 1 aliphatic rings. The Morgan fingerprint density at radius 3 is 2.95 bits per heavy atom. The Morgan fingerprint density at radius 1 is 1.58 bits per heavy atom. The Labute approximate surface area is 125 Å². The average molecular weight is 369 g/mol. The van der Waals surface area contributed by atoms with Crippen LogP contribution >= 0.6 is 27.3 Å². The van der Waals surface area contributed by atoms with E-state index in [0.29, 0.717) is 23.5 Å². The minimum absolute atomic E-state index is 0.259. The SMILES string of the molecule is NCc1cc(S(=O)(=O)NCC2CCCOC2)c(Br)s1. The van der Waals surface area contributed by atoms with Gasteiger partial charge in [-0.15, -0.1) is 11.3 Å². The summed E-state index contributed by atoms with van der Waals surface area (Å²) in [7, 11) is -3.48. The summed E-state index contributed by atoms with van der Waals surface area (Å²) in [6, 6.07) is 1.62. The molecule has 2 rings (SSSR count). The highest BCUT2D eigenvalue weighted by Crippen LogP contribution is 2.31. The molecule has 0 aromatic carbocycles. The summed E-state index contributed by atoms with van der Waals surface area (Å²) in [4.78, 5) is 1.11. The van der Waals surface area contributed by atoms with Crippen LogP contribution in [0.3, 0.4) is 0 Å². The van der Waals surface area contributed by atoms with Crippen LogP contribution in [0.1, 0.15) is 17.7 Å². The lowest BCUT2D eigenvalue weighted by molar-refractivity contribution is 0.0568. The molecule has 8 heteroatoms. The number of halogens is 1. The van der Waals surface area contributed by atoms with Crippen molar-refractivity contribution in [3.05, 3.63) is 14.7 Å². The van der Waals surface area contributed by atoms with Gasteiger partial charge in [-0.2, -0.15) is 0 Å². The van der Waals surface area contributed by atoms with Gasteiger partial charge in [-0.05, 0) is 40.8 Å². The van der Waals surface area contributed by atoms with Gasteiger partial charge >= 0.3 is 0 Å². The highest BCUT2D eigenvalue weighted by Gasteiger charge is 2.22. The quantitative estimate of drug-likeness (QED) is 0.828. The van der Waals surface area contributed by atoms with E-state index in [1.807, 2.05) is 0 Å². The van der Waals surface area contributed by atoms with E-state index >= 15 is 0 Å². The van der Waals surface area contributed by atoms with Crippen molar-refractivity contribution >= 4 is 37.3 Å². The molecule has 5 nitrogen and oxygen atoms in total. The van der Waals surface area contributed by atoms with Crippen molar-refractivity contribution in [2.24, 2.45) is 11.7 Å². The Hall–Kier alpha value is 0.01000. The molecule has 0 spiro atoms. The van der Waals surface area contributed by atoms with Gasteiger partial charge in [0.2, 0.25) is 10.0 Å². The lowest BCUT2D eigenvalue weighted by atomic mass is 10.0. The second-order valence-corrected chi connectivity index (χ2v) is 8.68. The molecule has 1 aromatic rings. The van der Waals surface area contributed by atoms with E-state index in [-0.39, 0.29) is 10.8 Å². The molecule has 2 heterocycles. The number of rotatable bonds is 5. The van der Waals surface area contributed by atoms with E-state index < -0.39 is 10.0 Å². The predicted molar refractivity (Wildman–Crippen MR) is 78.6 cm³/mol. The number of sulfonamides is 1. The van der Waals surface area contributed by atoms with Crippen LogP contribution in [0.2, 0.25) is 0 Å². The predicted octanol–water partition coefficient (Wildman–Crippen LogP) is 1.67. The minimum Gasteiger partial charge on any atom is -0.381 e. The number of nitrogens with one attached hydrogen (secondary N) is 1. The maximum Gasteiger partial charge on any atom is 0.242 e. The van der Waals surface area contributed by atoms with Crippen LogP contribution < -0.4 is 10.5 Å². The van der Waals surface area contributed by atoms with Crippen LogP contribution in [0.5, 0.6) is 0 Å². The highest BCUT2D eigenvalue weighted by atomic mass is 79.9. The van der Waals surface area contributed by atoms with Gasteiger partial charge in [0.1, 0.15) is 4.90 Å². The topological polar surface area (TPSA) is 81.4 Å². The van der Waals surface area contributed by atoms with E-state index in [9.17, 15) is 8.42 Å². The van der Waals surface area contributed by atoms with Crippen LogP contribution in [0, 0.1) is 5.92 Å². The zero-order chi connectivity index (χ0) is 13.9. The smallest absolute Gasteiger partial charge is 0.242 e. The molecule has 0 bridgehead atoms. The molecule has 0 aliphatic carbocycles. The Kier molecular flexibility index (Phi) is 5.38. The number of nitrogens with two attached hydrogens (primary N) is 1. The standard InChI is InChI=1S/C11H17BrN2O3S2/c12-11-10(4-9(5-13)18-11)19(15,16)14-6-8-2-1-3-17-7-8/h4,8,14H,1-3,5-7,13H2. The van der Waals surface area contributed by atoms with Gasteiger partial charge in [0.15, 0.2) is 0 Å². The first-order chi connectivity index (χ1) is 9.03. The Bertz CT molecular complexity index is 524. The van der Waals surface area contributed by atoms with Gasteiger partial charge in [0.25, 0.3) is 0 Å². The maximum absolute atomic E-state index is 12.2. The minimum atomic E-state index is -3.48. The van der Waals surface area contributed by atoms with Crippen LogP contribution in [-0.2, 0) is 21.3 Å². The lowest BCUT2D eigenvalue weighted by Crippen LogP contribution is -2.33. The van der Waals surface area contributed by atoms with Gasteiger partial charge in [0.05, 0.1) is 10.4 Å². The summed E-state index contributed by atoms with van der Waals surface area (Å²) in [5.41, 5.74) is 5.52. The first kappa shape index (κ1) is 15.4. The van der Waals surface area contributed by atoms with E-state index in [1.54, 1.807) is 6.07 Å². The first-order valence-electron chi connectivity index (χ1n) is 6.08. The normalized spacial score (nSPS) is 20.6. The van der Waals surface area contributed by atoms with Gasteiger partial charge in [0, 0.05) is 24.6 Å². The Morgan fingerprint density at radius 2 is 2.37 bits per heavy atom. The fourth-order valence-electron chi connectivity index (χ4n) is 1.96. The molecule has 1 aromatic heterocycles. The van der Waals surface area contributed by atoms with E-state index in [0.717, 1.165) is 24.3 Å². The fraction of sp³-hybridized carbons (Fsp3) is 0.636. The van der Waals surface area contributed by atoms with Gasteiger partial charge in [-0.1, -0.05) is 0 Å². The number of thiophene rings is 1. The first-order valence-corrected chi connectivity index (χ1v) is 9.18. The van der Waals surface area contributed by atoms with E-state index in [4.69, 9.17) is 10.5 Å². The van der Waals surface area contributed by atoms with Gasteiger partial charge < -0.3 is 10.5 Å². The maximum atomic E-state index is 12.2. The largest absolute Gasteiger partial charge is 0.381 e. The molecule has 0 radical (unpaired) electrons. The summed E-state index contributed by atoms with van der Waals surface area (Å²) in [6.07, 6.45) is 1.99. The van der Waals surface area contributed by atoms with Crippen LogP contribution in [0.15, 0.2) is 14.7 Å². The summed E-state index contributed by atoms with van der Waals surface area (Å²) in [6.45, 7) is 2.17. The van der Waals surface area contributed by atoms with Crippen molar-refractivity contribution in [1.29, 1.82) is 0 Å². The Balaban J connectivity index is 2.02. The van der Waals surface area contributed by atoms with E-state index in [1.165, 1.54) is 11.3 Å². The summed E-state index contributed by atoms with van der Waals surface area (Å²) in [5, 5.41) is 0. The fourth-order valence-corrected chi connectivity index (χ4v) is 5.63. The molecule has 0 amide bonds. The molecular formula is C11H17BrN2O3S2.